The van der Waals surface area contributed by atoms with E-state index in [2.05, 4.69) is 25.2 Å². The Hall–Kier alpha value is -0.340. The Morgan fingerprint density at radius 2 is 2.24 bits per heavy atom. The number of nitrogens with one attached hydrogen (secondary N) is 1. The van der Waals surface area contributed by atoms with Gasteiger partial charge >= 0.3 is 0 Å². The second kappa shape index (κ2) is 7.88. The van der Waals surface area contributed by atoms with Gasteiger partial charge in [-0.15, -0.1) is 0 Å². The lowest BCUT2D eigenvalue weighted by Crippen LogP contribution is -2.51. The fraction of sp³-hybridized carbons (Fsp3) is 0.867. The van der Waals surface area contributed by atoms with Crippen molar-refractivity contribution in [2.75, 3.05) is 13.1 Å². The molecule has 0 bridgehead atoms. The van der Waals surface area contributed by atoms with Gasteiger partial charge < -0.3 is 11.1 Å². The predicted octanol–water partition coefficient (Wildman–Crippen LogP) is 3.37. The molecular weight excluding hydrogens is 208 g/mol. The van der Waals surface area contributed by atoms with Gasteiger partial charge in [-0.2, -0.15) is 0 Å². The summed E-state index contributed by atoms with van der Waals surface area (Å²) < 4.78 is 0. The first-order chi connectivity index (χ1) is 8.26. The summed E-state index contributed by atoms with van der Waals surface area (Å²) in [5.74, 6) is 0. The highest BCUT2D eigenvalue weighted by molar-refractivity contribution is 5.07. The standard InChI is InChI=1S/C15H30N2/c1-3-5-11-15(4-2,13-16)17-12-10-14-8-6-7-9-14/h8,17H,3-7,9-13,16H2,1-2H3. The van der Waals surface area contributed by atoms with Crippen LogP contribution in [0, 0.1) is 0 Å². The minimum absolute atomic E-state index is 0.190. The van der Waals surface area contributed by atoms with Crippen LogP contribution < -0.4 is 11.1 Å². The summed E-state index contributed by atoms with van der Waals surface area (Å²) in [6.07, 6.45) is 12.5. The number of unbranched alkanes of at least 4 members (excludes halogenated alkanes) is 1. The van der Waals surface area contributed by atoms with E-state index in [1.54, 1.807) is 5.57 Å². The Bertz CT molecular complexity index is 229. The average molecular weight is 238 g/mol. The minimum Gasteiger partial charge on any atom is -0.329 e. The average Bonchev–Trinajstić information content (AvgIpc) is 2.87. The first kappa shape index (κ1) is 14.7. The van der Waals surface area contributed by atoms with Gasteiger partial charge in [0.25, 0.3) is 0 Å². The fourth-order valence-corrected chi connectivity index (χ4v) is 2.68. The predicted molar refractivity (Wildman–Crippen MR) is 76.2 cm³/mol. The van der Waals surface area contributed by atoms with Gasteiger partial charge in [-0.25, -0.2) is 0 Å². The largest absolute Gasteiger partial charge is 0.329 e. The molecule has 0 radical (unpaired) electrons. The van der Waals surface area contributed by atoms with Gasteiger partial charge in [-0.05, 0) is 45.1 Å². The van der Waals surface area contributed by atoms with Crippen molar-refractivity contribution in [3.63, 3.8) is 0 Å². The van der Waals surface area contributed by atoms with E-state index in [0.717, 1.165) is 19.5 Å². The SMILES string of the molecule is CCCCC(CC)(CN)NCCC1=CCCC1. The molecule has 1 aliphatic rings. The molecule has 3 N–H and O–H groups in total. The van der Waals surface area contributed by atoms with Crippen LogP contribution in [0.25, 0.3) is 0 Å². The fourth-order valence-electron chi connectivity index (χ4n) is 2.68. The normalized spacial score (nSPS) is 19.1. The summed E-state index contributed by atoms with van der Waals surface area (Å²) in [5.41, 5.74) is 7.81. The third-order valence-electron chi connectivity index (χ3n) is 4.16. The molecule has 1 aliphatic carbocycles. The number of hydrogen-bond donors (Lipinski definition) is 2. The Balaban J connectivity index is 2.31. The van der Waals surface area contributed by atoms with Gasteiger partial charge in [0.1, 0.15) is 0 Å². The molecule has 0 amide bonds. The van der Waals surface area contributed by atoms with Crippen molar-refractivity contribution in [3.8, 4) is 0 Å². The Labute approximate surface area is 107 Å². The number of hydrogen-bond acceptors (Lipinski definition) is 2. The molecule has 1 rings (SSSR count). The lowest BCUT2D eigenvalue weighted by molar-refractivity contribution is 0.292. The quantitative estimate of drug-likeness (QED) is 0.604. The summed E-state index contributed by atoms with van der Waals surface area (Å²) in [4.78, 5) is 0. The Morgan fingerprint density at radius 1 is 1.41 bits per heavy atom. The highest BCUT2D eigenvalue weighted by atomic mass is 15.0. The van der Waals surface area contributed by atoms with Crippen molar-refractivity contribution in [1.82, 2.24) is 5.32 Å². The van der Waals surface area contributed by atoms with Crippen molar-refractivity contribution in [2.24, 2.45) is 5.73 Å². The number of rotatable bonds is 9. The van der Waals surface area contributed by atoms with Gasteiger partial charge in [0.15, 0.2) is 0 Å². The monoisotopic (exact) mass is 238 g/mol. The van der Waals surface area contributed by atoms with Crippen LogP contribution in [-0.2, 0) is 0 Å². The van der Waals surface area contributed by atoms with E-state index >= 15 is 0 Å². The lowest BCUT2D eigenvalue weighted by atomic mass is 9.89. The van der Waals surface area contributed by atoms with Crippen LogP contribution in [0.2, 0.25) is 0 Å². The number of allylic oxidation sites excluding steroid dienone is 1. The third-order valence-corrected chi connectivity index (χ3v) is 4.16. The summed E-state index contributed by atoms with van der Waals surface area (Å²) in [6, 6.07) is 0. The maximum absolute atomic E-state index is 5.98. The molecule has 0 aromatic carbocycles. The zero-order chi connectivity index (χ0) is 12.6. The minimum atomic E-state index is 0.190. The third kappa shape index (κ3) is 4.81. The van der Waals surface area contributed by atoms with Crippen LogP contribution in [0.15, 0.2) is 11.6 Å². The first-order valence-electron chi connectivity index (χ1n) is 7.39. The molecule has 2 nitrogen and oxygen atoms in total. The summed E-state index contributed by atoms with van der Waals surface area (Å²) in [5, 5.41) is 3.73. The van der Waals surface area contributed by atoms with Crippen LogP contribution in [0.1, 0.15) is 65.2 Å². The van der Waals surface area contributed by atoms with E-state index in [0.29, 0.717) is 0 Å². The topological polar surface area (TPSA) is 38.0 Å². The van der Waals surface area contributed by atoms with Crippen molar-refractivity contribution in [1.29, 1.82) is 0 Å². The van der Waals surface area contributed by atoms with Crippen molar-refractivity contribution in [3.05, 3.63) is 11.6 Å². The first-order valence-corrected chi connectivity index (χ1v) is 7.39. The molecular formula is C15H30N2. The second-order valence-corrected chi connectivity index (χ2v) is 5.37. The van der Waals surface area contributed by atoms with Crippen molar-refractivity contribution in [2.45, 2.75) is 70.8 Å². The summed E-state index contributed by atoms with van der Waals surface area (Å²) in [6.45, 7) is 6.37. The van der Waals surface area contributed by atoms with Gasteiger partial charge in [-0.3, -0.25) is 0 Å². The molecule has 0 heterocycles. The molecule has 2 heteroatoms. The van der Waals surface area contributed by atoms with Gasteiger partial charge in [0.05, 0.1) is 0 Å². The molecule has 0 saturated carbocycles. The molecule has 0 aliphatic heterocycles. The molecule has 0 fully saturated rings. The van der Waals surface area contributed by atoms with Crippen molar-refractivity contribution >= 4 is 0 Å². The van der Waals surface area contributed by atoms with E-state index < -0.39 is 0 Å². The molecule has 0 spiro atoms. The van der Waals surface area contributed by atoms with E-state index in [-0.39, 0.29) is 5.54 Å². The van der Waals surface area contributed by atoms with Gasteiger partial charge in [0.2, 0.25) is 0 Å². The molecule has 17 heavy (non-hydrogen) atoms. The van der Waals surface area contributed by atoms with Crippen LogP contribution >= 0.6 is 0 Å². The zero-order valence-corrected chi connectivity index (χ0v) is 11.7. The molecule has 0 aromatic rings. The smallest absolute Gasteiger partial charge is 0.0301 e. The van der Waals surface area contributed by atoms with Crippen LogP contribution in [-0.4, -0.2) is 18.6 Å². The van der Waals surface area contributed by atoms with E-state index in [9.17, 15) is 0 Å². The van der Waals surface area contributed by atoms with E-state index in [1.165, 1.54) is 44.9 Å². The maximum atomic E-state index is 5.98. The van der Waals surface area contributed by atoms with Gasteiger partial charge in [0, 0.05) is 12.1 Å². The Kier molecular flexibility index (Phi) is 6.83. The zero-order valence-electron chi connectivity index (χ0n) is 11.7. The van der Waals surface area contributed by atoms with E-state index in [1.807, 2.05) is 0 Å². The highest BCUT2D eigenvalue weighted by Crippen LogP contribution is 2.21. The lowest BCUT2D eigenvalue weighted by Gasteiger charge is -2.33. The molecule has 100 valence electrons. The molecule has 1 atom stereocenters. The molecule has 1 unspecified atom stereocenters. The van der Waals surface area contributed by atoms with E-state index in [4.69, 9.17) is 5.73 Å². The van der Waals surface area contributed by atoms with Gasteiger partial charge in [-0.1, -0.05) is 38.3 Å². The molecule has 0 aromatic heterocycles. The van der Waals surface area contributed by atoms with Crippen molar-refractivity contribution < 1.29 is 0 Å². The second-order valence-electron chi connectivity index (χ2n) is 5.37. The summed E-state index contributed by atoms with van der Waals surface area (Å²) in [7, 11) is 0. The van der Waals surface area contributed by atoms with Crippen LogP contribution in [0.4, 0.5) is 0 Å². The molecule has 0 saturated heterocycles. The Morgan fingerprint density at radius 3 is 2.76 bits per heavy atom. The van der Waals surface area contributed by atoms with Crippen LogP contribution in [0.5, 0.6) is 0 Å². The van der Waals surface area contributed by atoms with Crippen LogP contribution in [0.3, 0.4) is 0 Å². The summed E-state index contributed by atoms with van der Waals surface area (Å²) >= 11 is 0. The number of nitrogens with two attached hydrogens (primary N) is 1. The highest BCUT2D eigenvalue weighted by Gasteiger charge is 2.24. The maximum Gasteiger partial charge on any atom is 0.0301 e.